The molecule has 1 heterocycles. The molecule has 0 atom stereocenters. The number of benzene rings is 2. The van der Waals surface area contributed by atoms with E-state index in [2.05, 4.69) is 0 Å². The first-order valence-corrected chi connectivity index (χ1v) is 9.83. The predicted molar refractivity (Wildman–Crippen MR) is 95.6 cm³/mol. The Labute approximate surface area is 160 Å². The molecule has 6 nitrogen and oxygen atoms in total. The van der Waals surface area contributed by atoms with Gasteiger partial charge < -0.3 is 9.64 Å². The van der Waals surface area contributed by atoms with Crippen LogP contribution in [-0.2, 0) is 20.9 Å². The number of nitrogens with zero attached hydrogens (tertiary/aromatic N) is 1. The first kappa shape index (κ1) is 20.2. The molecule has 10 heteroatoms. The van der Waals surface area contributed by atoms with E-state index in [4.69, 9.17) is 4.74 Å². The Kier molecular flexibility index (Phi) is 5.61. The van der Waals surface area contributed by atoms with Crippen molar-refractivity contribution in [2.75, 3.05) is 31.2 Å². The Hall–Kier alpha value is -2.59. The van der Waals surface area contributed by atoms with E-state index in [0.717, 1.165) is 23.9 Å². The van der Waals surface area contributed by atoms with Crippen LogP contribution in [0.25, 0.3) is 0 Å². The predicted octanol–water partition coefficient (Wildman–Crippen LogP) is 2.66. The second-order valence-electron chi connectivity index (χ2n) is 6.07. The zero-order valence-electron chi connectivity index (χ0n) is 14.6. The lowest BCUT2D eigenvalue weighted by Crippen LogP contribution is -2.36. The van der Waals surface area contributed by atoms with Crippen LogP contribution in [0.3, 0.4) is 0 Å². The number of hydrogen-bond donors (Lipinski definition) is 1. The number of carbonyl (C=O) groups is 1. The molecular weight excluding hydrogens is 397 g/mol. The molecule has 0 spiro atoms. The molecule has 28 heavy (non-hydrogen) atoms. The van der Waals surface area contributed by atoms with Crippen molar-refractivity contribution in [2.45, 2.75) is 11.1 Å². The van der Waals surface area contributed by atoms with Crippen LogP contribution >= 0.6 is 0 Å². The van der Waals surface area contributed by atoms with Crippen molar-refractivity contribution in [3.05, 3.63) is 59.7 Å². The van der Waals surface area contributed by atoms with Crippen LogP contribution in [0.2, 0.25) is 0 Å². The average molecular weight is 414 g/mol. The molecule has 0 bridgehead atoms. The smallest absolute Gasteiger partial charge is 0.378 e. The molecule has 2 aromatic rings. The molecule has 1 saturated heterocycles. The van der Waals surface area contributed by atoms with Crippen LogP contribution in [0.5, 0.6) is 0 Å². The van der Waals surface area contributed by atoms with Gasteiger partial charge in [-0.05, 0) is 36.4 Å². The molecule has 1 N–H and O–H groups in total. The van der Waals surface area contributed by atoms with E-state index in [1.165, 1.54) is 12.1 Å². The minimum Gasteiger partial charge on any atom is -0.378 e. The summed E-state index contributed by atoms with van der Waals surface area (Å²) >= 11 is 0. The lowest BCUT2D eigenvalue weighted by molar-refractivity contribution is -0.139. The van der Waals surface area contributed by atoms with Crippen molar-refractivity contribution in [1.29, 1.82) is 0 Å². The Morgan fingerprint density at radius 2 is 1.61 bits per heavy atom. The molecule has 1 aliphatic heterocycles. The van der Waals surface area contributed by atoms with Crippen LogP contribution < -0.4 is 9.62 Å². The van der Waals surface area contributed by atoms with Gasteiger partial charge in [0.25, 0.3) is 15.9 Å². The fraction of sp³-hybridized carbons (Fsp3) is 0.278. The summed E-state index contributed by atoms with van der Waals surface area (Å²) in [7, 11) is -4.70. The van der Waals surface area contributed by atoms with E-state index < -0.39 is 32.6 Å². The third-order valence-electron chi connectivity index (χ3n) is 4.21. The standard InChI is InChI=1S/C18H17F3N2O4S/c19-18(20,21)15-3-1-2-4-16(15)28(25,26)22-17(24)13-5-7-14(8-6-13)23-9-11-27-12-10-23/h1-8H,9-12H2,(H,22,24). The molecule has 1 aliphatic rings. The van der Waals surface area contributed by atoms with Gasteiger partial charge in [0.05, 0.1) is 23.7 Å². The van der Waals surface area contributed by atoms with Gasteiger partial charge in [-0.3, -0.25) is 4.79 Å². The number of alkyl halides is 3. The number of anilines is 1. The minimum absolute atomic E-state index is 0.0186. The van der Waals surface area contributed by atoms with Crippen molar-refractivity contribution in [3.63, 3.8) is 0 Å². The molecule has 0 unspecified atom stereocenters. The van der Waals surface area contributed by atoms with E-state index in [-0.39, 0.29) is 5.56 Å². The van der Waals surface area contributed by atoms with E-state index in [0.29, 0.717) is 32.4 Å². The lowest BCUT2D eigenvalue weighted by atomic mass is 10.2. The highest BCUT2D eigenvalue weighted by molar-refractivity contribution is 7.90. The van der Waals surface area contributed by atoms with Crippen LogP contribution in [0.15, 0.2) is 53.4 Å². The zero-order valence-corrected chi connectivity index (χ0v) is 15.4. The van der Waals surface area contributed by atoms with Gasteiger partial charge in [-0.15, -0.1) is 0 Å². The van der Waals surface area contributed by atoms with Gasteiger partial charge in [0, 0.05) is 24.3 Å². The normalized spacial score (nSPS) is 15.3. The summed E-state index contributed by atoms with van der Waals surface area (Å²) in [6, 6.07) is 9.83. The van der Waals surface area contributed by atoms with Crippen LogP contribution in [0.4, 0.5) is 18.9 Å². The van der Waals surface area contributed by atoms with E-state index in [1.807, 2.05) is 4.90 Å². The Bertz CT molecular complexity index is 954. The highest BCUT2D eigenvalue weighted by Crippen LogP contribution is 2.33. The highest BCUT2D eigenvalue weighted by atomic mass is 32.2. The zero-order chi connectivity index (χ0) is 20.4. The molecule has 2 aromatic carbocycles. The van der Waals surface area contributed by atoms with Gasteiger partial charge in [0.1, 0.15) is 0 Å². The molecule has 3 rings (SSSR count). The van der Waals surface area contributed by atoms with Crippen LogP contribution in [-0.4, -0.2) is 40.6 Å². The van der Waals surface area contributed by atoms with Crippen molar-refractivity contribution in [1.82, 2.24) is 4.72 Å². The van der Waals surface area contributed by atoms with Gasteiger partial charge in [-0.1, -0.05) is 12.1 Å². The van der Waals surface area contributed by atoms with Crippen molar-refractivity contribution in [3.8, 4) is 0 Å². The van der Waals surface area contributed by atoms with Crippen molar-refractivity contribution < 1.29 is 31.1 Å². The fourth-order valence-electron chi connectivity index (χ4n) is 2.82. The maximum atomic E-state index is 13.1. The summed E-state index contributed by atoms with van der Waals surface area (Å²) in [6.07, 6.45) is -4.87. The first-order chi connectivity index (χ1) is 13.2. The monoisotopic (exact) mass is 414 g/mol. The molecule has 0 aliphatic carbocycles. The highest BCUT2D eigenvalue weighted by Gasteiger charge is 2.37. The molecule has 0 aromatic heterocycles. The Morgan fingerprint density at radius 3 is 2.21 bits per heavy atom. The summed E-state index contributed by atoms with van der Waals surface area (Å²) in [5, 5.41) is 0. The SMILES string of the molecule is O=C(NS(=O)(=O)c1ccccc1C(F)(F)F)c1ccc(N2CCOCC2)cc1. The number of morpholine rings is 1. The summed E-state index contributed by atoms with van der Waals surface area (Å²) in [4.78, 5) is 13.3. The van der Waals surface area contributed by atoms with Gasteiger partial charge in [0.15, 0.2) is 0 Å². The van der Waals surface area contributed by atoms with Crippen LogP contribution in [0, 0.1) is 0 Å². The van der Waals surface area contributed by atoms with Gasteiger partial charge >= 0.3 is 6.18 Å². The number of rotatable bonds is 4. The maximum Gasteiger partial charge on any atom is 0.417 e. The fourth-order valence-corrected chi connectivity index (χ4v) is 4.02. The minimum atomic E-state index is -4.87. The largest absolute Gasteiger partial charge is 0.417 e. The summed E-state index contributed by atoms with van der Waals surface area (Å²) in [5.41, 5.74) is -0.479. The first-order valence-electron chi connectivity index (χ1n) is 8.34. The van der Waals surface area contributed by atoms with Gasteiger partial charge in [-0.25, -0.2) is 13.1 Å². The number of ether oxygens (including phenoxy) is 1. The molecule has 150 valence electrons. The third kappa shape index (κ3) is 4.45. The molecule has 1 fully saturated rings. The topological polar surface area (TPSA) is 75.7 Å². The maximum absolute atomic E-state index is 13.1. The van der Waals surface area contributed by atoms with Gasteiger partial charge in [-0.2, -0.15) is 13.2 Å². The second-order valence-corrected chi connectivity index (χ2v) is 7.73. The number of carbonyl (C=O) groups excluding carboxylic acids is 1. The molecule has 1 amide bonds. The number of halogens is 3. The van der Waals surface area contributed by atoms with Gasteiger partial charge in [0.2, 0.25) is 0 Å². The number of nitrogens with one attached hydrogen (secondary N) is 1. The Balaban J connectivity index is 1.79. The Morgan fingerprint density at radius 1 is 1.00 bits per heavy atom. The molecule has 0 saturated carbocycles. The number of hydrogen-bond acceptors (Lipinski definition) is 5. The molecular formula is C18H17F3N2O4S. The summed E-state index contributed by atoms with van der Waals surface area (Å²) in [5.74, 6) is -1.01. The third-order valence-corrected chi connectivity index (χ3v) is 5.60. The van der Waals surface area contributed by atoms with E-state index >= 15 is 0 Å². The van der Waals surface area contributed by atoms with Crippen LogP contribution in [0.1, 0.15) is 15.9 Å². The van der Waals surface area contributed by atoms with Crippen molar-refractivity contribution >= 4 is 21.6 Å². The lowest BCUT2D eigenvalue weighted by Gasteiger charge is -2.28. The number of amides is 1. The number of sulfonamides is 1. The van der Waals surface area contributed by atoms with Crippen molar-refractivity contribution in [2.24, 2.45) is 0 Å². The average Bonchev–Trinajstić information content (AvgIpc) is 2.68. The van der Waals surface area contributed by atoms with E-state index in [1.54, 1.807) is 16.9 Å². The summed E-state index contributed by atoms with van der Waals surface area (Å²) < 4.78 is 70.9. The second kappa shape index (κ2) is 7.80. The summed E-state index contributed by atoms with van der Waals surface area (Å²) in [6.45, 7) is 2.54. The molecule has 0 radical (unpaired) electrons. The van der Waals surface area contributed by atoms with E-state index in [9.17, 15) is 26.4 Å². The quantitative estimate of drug-likeness (QED) is 0.833.